The first-order valence-corrected chi connectivity index (χ1v) is 22.9. The molecule has 0 aliphatic rings. The van der Waals surface area contributed by atoms with Gasteiger partial charge in [-0.25, -0.2) is 9.97 Å². The molecule has 0 spiro atoms. The number of aryl methyl sites for hydroxylation is 1. The number of aromatic nitrogens is 4. The summed E-state index contributed by atoms with van der Waals surface area (Å²) in [7, 11) is 0. The van der Waals surface area contributed by atoms with E-state index in [0.29, 0.717) is 11.4 Å². The van der Waals surface area contributed by atoms with E-state index in [1.165, 1.54) is 10.9 Å². The van der Waals surface area contributed by atoms with Crippen molar-refractivity contribution in [2.75, 3.05) is 0 Å². The summed E-state index contributed by atoms with van der Waals surface area (Å²) in [6, 6.07) is 47.4. The fourth-order valence-electron chi connectivity index (χ4n) is 9.17. The number of benzene rings is 7. The summed E-state index contributed by atoms with van der Waals surface area (Å²) >= 11 is 0. The first-order chi connectivity index (χ1) is 30.6. The van der Waals surface area contributed by atoms with Crippen molar-refractivity contribution in [2.24, 2.45) is 0 Å². The number of phenols is 1. The molecule has 0 saturated heterocycles. The van der Waals surface area contributed by atoms with Gasteiger partial charge in [0, 0.05) is 37.9 Å². The van der Waals surface area contributed by atoms with Crippen LogP contribution < -0.4 is 0 Å². The average Bonchev–Trinajstić information content (AvgIpc) is 3.64. The molecule has 0 aliphatic carbocycles. The maximum Gasteiger partial charge on any atom is 0.148 e. The van der Waals surface area contributed by atoms with Gasteiger partial charge in [-0.3, -0.25) is 9.55 Å². The molecular formula is C60H61N4OPt-. The molecule has 7 aromatic carbocycles. The van der Waals surface area contributed by atoms with Gasteiger partial charge in [0.1, 0.15) is 17.9 Å². The zero-order valence-electron chi connectivity index (χ0n) is 40.7. The van der Waals surface area contributed by atoms with Crippen molar-refractivity contribution < 1.29 is 26.2 Å². The number of hydrogen-bond donors (Lipinski definition) is 1. The van der Waals surface area contributed by atoms with E-state index < -0.39 is 0 Å². The van der Waals surface area contributed by atoms with Crippen molar-refractivity contribution in [1.82, 2.24) is 19.5 Å². The van der Waals surface area contributed by atoms with E-state index in [0.717, 1.165) is 88.8 Å². The van der Waals surface area contributed by atoms with Crippen LogP contribution in [0.2, 0.25) is 0 Å². The smallest absolute Gasteiger partial charge is 0.148 e. The largest absolute Gasteiger partial charge is 0.507 e. The molecule has 2 aromatic heterocycles. The number of phenolic OH excluding ortho intramolecular Hbond substituents is 1. The quantitative estimate of drug-likeness (QED) is 0.138. The third-order valence-corrected chi connectivity index (χ3v) is 13.1. The Morgan fingerprint density at radius 2 is 1.17 bits per heavy atom. The summed E-state index contributed by atoms with van der Waals surface area (Å²) in [6.45, 7) is 28.9. The topological polar surface area (TPSA) is 63.8 Å². The molecular weight excluding hydrogens is 988 g/mol. The molecule has 5 nitrogen and oxygen atoms in total. The Labute approximate surface area is 405 Å². The second-order valence-electron chi connectivity index (χ2n) is 22.0. The molecule has 6 heteroatoms. The zero-order valence-corrected chi connectivity index (χ0v) is 42.9. The van der Waals surface area contributed by atoms with Crippen LogP contribution in [-0.4, -0.2) is 24.6 Å². The summed E-state index contributed by atoms with van der Waals surface area (Å²) in [6.07, 6.45) is 1.69. The maximum atomic E-state index is 12.6. The number of fused-ring (bicyclic) bond motifs is 3. The number of para-hydroxylation sites is 1. The Morgan fingerprint density at radius 3 is 1.85 bits per heavy atom. The summed E-state index contributed by atoms with van der Waals surface area (Å²) in [4.78, 5) is 15.5. The van der Waals surface area contributed by atoms with Gasteiger partial charge in [-0.1, -0.05) is 179 Å². The van der Waals surface area contributed by atoms with Crippen LogP contribution in [0.3, 0.4) is 0 Å². The molecule has 9 rings (SSSR count). The molecule has 1 N–H and O–H groups in total. The number of imidazole rings is 1. The average molecular weight is 1050 g/mol. The van der Waals surface area contributed by atoms with Gasteiger partial charge in [-0.15, -0.1) is 29.3 Å². The normalized spacial score (nSPS) is 12.6. The Balaban J connectivity index is 0.00000592. The van der Waals surface area contributed by atoms with Gasteiger partial charge >= 0.3 is 0 Å². The molecule has 0 atom stereocenters. The third-order valence-electron chi connectivity index (χ3n) is 13.1. The van der Waals surface area contributed by atoms with Crippen LogP contribution in [0, 0.1) is 13.0 Å². The predicted octanol–water partition coefficient (Wildman–Crippen LogP) is 15.8. The van der Waals surface area contributed by atoms with E-state index in [9.17, 15) is 5.11 Å². The van der Waals surface area contributed by atoms with Gasteiger partial charge < -0.3 is 5.11 Å². The van der Waals surface area contributed by atoms with Crippen molar-refractivity contribution in [3.8, 4) is 56.3 Å². The molecule has 0 radical (unpaired) electrons. The Bertz CT molecular complexity index is 3320. The van der Waals surface area contributed by atoms with E-state index in [1.54, 1.807) is 6.33 Å². The fourth-order valence-corrected chi connectivity index (χ4v) is 9.17. The minimum absolute atomic E-state index is 0. The maximum absolute atomic E-state index is 12.6. The third kappa shape index (κ3) is 8.41. The SMILES string of the molecule is Cc1c2ccccc2cc2c(-c3[c-]c(-c4cccc5c4nc(-c4cc(C(C)(C)C)cc(C(C)(C)C)c4O)n5-c4ccc(C(C)(C)C)cc4-c4ccccc4)cc(C(C)(C)C)c3)ncnc12.[Pt]. The molecule has 66 heavy (non-hydrogen) atoms. The van der Waals surface area contributed by atoms with Crippen molar-refractivity contribution in [2.45, 2.75) is 112 Å². The molecule has 0 bridgehead atoms. The van der Waals surface area contributed by atoms with Gasteiger partial charge in [0.25, 0.3) is 0 Å². The number of rotatable bonds is 5. The minimum Gasteiger partial charge on any atom is -0.507 e. The minimum atomic E-state index is -0.333. The van der Waals surface area contributed by atoms with E-state index in [1.807, 2.05) is 0 Å². The number of nitrogens with zero attached hydrogens (tertiary/aromatic N) is 4. The van der Waals surface area contributed by atoms with Gasteiger partial charge in [-0.2, -0.15) is 0 Å². The van der Waals surface area contributed by atoms with E-state index >= 15 is 0 Å². The van der Waals surface area contributed by atoms with Gasteiger partial charge in [0.2, 0.25) is 0 Å². The summed E-state index contributed by atoms with van der Waals surface area (Å²) < 4.78 is 2.28. The molecule has 0 aliphatic heterocycles. The zero-order chi connectivity index (χ0) is 46.4. The predicted molar refractivity (Wildman–Crippen MR) is 273 cm³/mol. The van der Waals surface area contributed by atoms with Crippen LogP contribution in [0.15, 0.2) is 128 Å². The van der Waals surface area contributed by atoms with Gasteiger partial charge in [0.15, 0.2) is 0 Å². The fraction of sp³-hybridized carbons (Fsp3) is 0.283. The van der Waals surface area contributed by atoms with Crippen molar-refractivity contribution in [3.63, 3.8) is 0 Å². The molecule has 0 amide bonds. The summed E-state index contributed by atoms with van der Waals surface area (Å²) in [5.74, 6) is 0.928. The van der Waals surface area contributed by atoms with E-state index in [2.05, 4.69) is 222 Å². The second-order valence-corrected chi connectivity index (χ2v) is 22.0. The number of hydrogen-bond acceptors (Lipinski definition) is 4. The van der Waals surface area contributed by atoms with E-state index in [-0.39, 0.29) is 48.5 Å². The first-order valence-electron chi connectivity index (χ1n) is 22.9. The van der Waals surface area contributed by atoms with Gasteiger partial charge in [0.05, 0.1) is 27.8 Å². The van der Waals surface area contributed by atoms with Crippen LogP contribution in [-0.2, 0) is 42.7 Å². The van der Waals surface area contributed by atoms with Crippen molar-refractivity contribution in [3.05, 3.63) is 162 Å². The summed E-state index contributed by atoms with van der Waals surface area (Å²) in [5, 5.41) is 15.9. The first kappa shape index (κ1) is 46.6. The second kappa shape index (κ2) is 16.8. The Kier molecular flexibility index (Phi) is 11.8. The number of aromatic hydroxyl groups is 1. The molecule has 0 saturated carbocycles. The van der Waals surface area contributed by atoms with Crippen LogP contribution >= 0.6 is 0 Å². The summed E-state index contributed by atoms with van der Waals surface area (Å²) in [5.41, 5.74) is 15.0. The van der Waals surface area contributed by atoms with Crippen LogP contribution in [0.25, 0.3) is 83.3 Å². The molecule has 9 aromatic rings. The van der Waals surface area contributed by atoms with Crippen molar-refractivity contribution in [1.29, 1.82) is 0 Å². The molecule has 2 heterocycles. The monoisotopic (exact) mass is 1050 g/mol. The van der Waals surface area contributed by atoms with Crippen LogP contribution in [0.4, 0.5) is 0 Å². The van der Waals surface area contributed by atoms with Crippen LogP contribution in [0.5, 0.6) is 5.75 Å². The van der Waals surface area contributed by atoms with Gasteiger partial charge in [-0.05, 0) is 91.3 Å². The Morgan fingerprint density at radius 1 is 0.530 bits per heavy atom. The molecule has 338 valence electrons. The molecule has 0 fully saturated rings. The molecule has 0 unspecified atom stereocenters. The van der Waals surface area contributed by atoms with Crippen LogP contribution in [0.1, 0.15) is 111 Å². The Hall–Kier alpha value is -5.90. The van der Waals surface area contributed by atoms with Crippen molar-refractivity contribution >= 4 is 32.7 Å². The van der Waals surface area contributed by atoms with E-state index in [4.69, 9.17) is 15.0 Å². The standard InChI is InChI=1S/C60H61N4O.Pt/c1-36-44-23-18-17-22-38(44)31-47-52(36)61-35-62-53(47)40-28-39(29-42(30-40)58(5,6)7)45-24-19-25-51-54(45)63-56(48-33-43(59(8,9)10)34-49(55(48)65)60(11,12)13)64(51)50-27-26-41(57(2,3)4)32-46(50)37-20-15-14-16-21-37;/h14-27,29-35,65H,1-13H3;/q-1;.